The van der Waals surface area contributed by atoms with Gasteiger partial charge in [-0.15, -0.1) is 0 Å². The number of nitrogens with zero attached hydrogens (tertiary/aromatic N) is 2. The second kappa shape index (κ2) is 11.0. The van der Waals surface area contributed by atoms with Crippen molar-refractivity contribution in [3.8, 4) is 17.0 Å². The summed E-state index contributed by atoms with van der Waals surface area (Å²) in [5, 5.41) is 18.5. The molecule has 0 saturated carbocycles. The number of aromatic nitrogens is 2. The molecule has 2 aromatic heterocycles. The predicted molar refractivity (Wildman–Crippen MR) is 123 cm³/mol. The molecule has 0 radical (unpaired) electrons. The van der Waals surface area contributed by atoms with Crippen LogP contribution in [0.25, 0.3) is 22.2 Å². The monoisotopic (exact) mass is 424 g/mol. The smallest absolute Gasteiger partial charge is 0.404 e. The summed E-state index contributed by atoms with van der Waals surface area (Å²) in [6, 6.07) is 13.6. The number of methoxy groups -OCH3 is 1. The fraction of sp³-hybridized carbons (Fsp3) is 0.318. The summed E-state index contributed by atoms with van der Waals surface area (Å²) in [6.07, 6.45) is 0.482. The lowest BCUT2D eigenvalue weighted by Gasteiger charge is -2.13. The largest absolute Gasteiger partial charge is 0.497 e. The molecule has 0 bridgehead atoms. The third kappa shape index (κ3) is 6.19. The lowest BCUT2D eigenvalue weighted by molar-refractivity contribution is 0.194. The van der Waals surface area contributed by atoms with Gasteiger partial charge in [-0.2, -0.15) is 0 Å². The fourth-order valence-corrected chi connectivity index (χ4v) is 3.08. The van der Waals surface area contributed by atoms with E-state index in [0.29, 0.717) is 26.1 Å². The second-order valence-corrected chi connectivity index (χ2v) is 6.93. The maximum absolute atomic E-state index is 10.5. The molecular formula is C22H28N6O3. The molecule has 164 valence electrons. The van der Waals surface area contributed by atoms with Gasteiger partial charge >= 0.3 is 6.09 Å². The highest BCUT2D eigenvalue weighted by Crippen LogP contribution is 2.29. The van der Waals surface area contributed by atoms with Crippen LogP contribution in [0.2, 0.25) is 0 Å². The highest BCUT2D eigenvalue weighted by Gasteiger charge is 2.10. The number of rotatable bonds is 11. The van der Waals surface area contributed by atoms with Gasteiger partial charge in [0.25, 0.3) is 0 Å². The normalized spacial score (nSPS) is 10.6. The van der Waals surface area contributed by atoms with Crippen molar-refractivity contribution in [3.05, 3.63) is 42.5 Å². The molecule has 6 N–H and O–H groups in total. The molecule has 2 heterocycles. The summed E-state index contributed by atoms with van der Waals surface area (Å²) in [6.45, 7) is 2.32. The van der Waals surface area contributed by atoms with Crippen LogP contribution in [0.5, 0.6) is 5.75 Å². The molecule has 0 aliphatic carbocycles. The van der Waals surface area contributed by atoms with E-state index in [2.05, 4.69) is 16.0 Å². The topological polar surface area (TPSA) is 134 Å². The molecule has 3 rings (SSSR count). The van der Waals surface area contributed by atoms with Crippen LogP contribution in [0.4, 0.5) is 16.4 Å². The maximum Gasteiger partial charge on any atom is 0.404 e. The first-order chi connectivity index (χ1) is 15.1. The molecule has 1 amide bonds. The van der Waals surface area contributed by atoms with E-state index >= 15 is 0 Å². The Labute approximate surface area is 181 Å². The van der Waals surface area contributed by atoms with Crippen LogP contribution in [-0.4, -0.2) is 54.5 Å². The van der Waals surface area contributed by atoms with Crippen LogP contribution < -0.4 is 26.4 Å². The SMILES string of the molecule is COc1ccc(-c2cc3nc(NCCCNC(=O)O)ccc3c(NCCCN)n2)cc1. The van der Waals surface area contributed by atoms with E-state index in [0.717, 1.165) is 52.5 Å². The maximum atomic E-state index is 10.5. The van der Waals surface area contributed by atoms with Crippen LogP contribution in [-0.2, 0) is 0 Å². The van der Waals surface area contributed by atoms with Gasteiger partial charge in [0.2, 0.25) is 0 Å². The third-order valence-corrected chi connectivity index (χ3v) is 4.68. The van der Waals surface area contributed by atoms with Crippen molar-refractivity contribution in [2.75, 3.05) is 43.9 Å². The lowest BCUT2D eigenvalue weighted by Crippen LogP contribution is -2.23. The van der Waals surface area contributed by atoms with E-state index < -0.39 is 6.09 Å². The first kappa shape index (κ1) is 22.1. The number of amides is 1. The zero-order valence-corrected chi connectivity index (χ0v) is 17.5. The molecule has 1 aromatic carbocycles. The molecule has 3 aromatic rings. The van der Waals surface area contributed by atoms with Crippen LogP contribution in [0.3, 0.4) is 0 Å². The summed E-state index contributed by atoms with van der Waals surface area (Å²) in [7, 11) is 1.64. The summed E-state index contributed by atoms with van der Waals surface area (Å²) in [5.74, 6) is 2.27. The Morgan fingerprint density at radius 1 is 1.03 bits per heavy atom. The molecule has 0 aliphatic rings. The number of anilines is 2. The van der Waals surface area contributed by atoms with E-state index in [1.165, 1.54) is 0 Å². The van der Waals surface area contributed by atoms with Crippen molar-refractivity contribution in [3.63, 3.8) is 0 Å². The van der Waals surface area contributed by atoms with E-state index in [4.69, 9.17) is 25.5 Å². The molecule has 0 aliphatic heterocycles. The first-order valence-corrected chi connectivity index (χ1v) is 10.2. The second-order valence-electron chi connectivity index (χ2n) is 6.93. The van der Waals surface area contributed by atoms with Crippen LogP contribution in [0, 0.1) is 0 Å². The number of fused-ring (bicyclic) bond motifs is 1. The Balaban J connectivity index is 1.85. The Morgan fingerprint density at radius 3 is 2.52 bits per heavy atom. The van der Waals surface area contributed by atoms with Gasteiger partial charge in [0.15, 0.2) is 0 Å². The number of nitrogens with one attached hydrogen (secondary N) is 3. The molecule has 0 fully saturated rings. The minimum Gasteiger partial charge on any atom is -0.497 e. The van der Waals surface area contributed by atoms with Gasteiger partial charge in [-0.25, -0.2) is 14.8 Å². The zero-order chi connectivity index (χ0) is 22.1. The molecule has 31 heavy (non-hydrogen) atoms. The minimum atomic E-state index is -1.02. The van der Waals surface area contributed by atoms with E-state index in [-0.39, 0.29) is 0 Å². The van der Waals surface area contributed by atoms with Gasteiger partial charge in [-0.05, 0) is 61.9 Å². The Morgan fingerprint density at radius 2 is 1.81 bits per heavy atom. The minimum absolute atomic E-state index is 0.386. The average Bonchev–Trinajstić information content (AvgIpc) is 2.78. The third-order valence-electron chi connectivity index (χ3n) is 4.68. The summed E-state index contributed by atoms with van der Waals surface area (Å²) >= 11 is 0. The summed E-state index contributed by atoms with van der Waals surface area (Å²) in [5.41, 5.74) is 8.21. The Hall–Kier alpha value is -3.59. The predicted octanol–water partition coefficient (Wildman–Crippen LogP) is 3.14. The first-order valence-electron chi connectivity index (χ1n) is 10.2. The van der Waals surface area contributed by atoms with Gasteiger partial charge in [-0.1, -0.05) is 0 Å². The summed E-state index contributed by atoms with van der Waals surface area (Å²) < 4.78 is 5.25. The lowest BCUT2D eigenvalue weighted by atomic mass is 10.1. The van der Waals surface area contributed by atoms with Crippen molar-refractivity contribution in [2.24, 2.45) is 5.73 Å². The quantitative estimate of drug-likeness (QED) is 0.296. The number of hydrogen-bond acceptors (Lipinski definition) is 7. The number of hydrogen-bond donors (Lipinski definition) is 5. The van der Waals surface area contributed by atoms with Crippen LogP contribution in [0.1, 0.15) is 12.8 Å². The van der Waals surface area contributed by atoms with Crippen molar-refractivity contribution < 1.29 is 14.6 Å². The number of nitrogens with two attached hydrogens (primary N) is 1. The Kier molecular flexibility index (Phi) is 7.83. The highest BCUT2D eigenvalue weighted by molar-refractivity contribution is 5.93. The van der Waals surface area contributed by atoms with Gasteiger partial charge in [-0.3, -0.25) is 0 Å². The van der Waals surface area contributed by atoms with Crippen LogP contribution >= 0.6 is 0 Å². The van der Waals surface area contributed by atoms with Crippen LogP contribution in [0.15, 0.2) is 42.5 Å². The van der Waals surface area contributed by atoms with Crippen molar-refractivity contribution in [1.82, 2.24) is 15.3 Å². The average molecular weight is 425 g/mol. The molecule has 0 atom stereocenters. The highest BCUT2D eigenvalue weighted by atomic mass is 16.5. The van der Waals surface area contributed by atoms with Crippen molar-refractivity contribution in [2.45, 2.75) is 12.8 Å². The zero-order valence-electron chi connectivity index (χ0n) is 17.5. The fourth-order valence-electron chi connectivity index (χ4n) is 3.08. The van der Waals surface area contributed by atoms with Crippen molar-refractivity contribution >= 4 is 28.6 Å². The molecule has 0 unspecified atom stereocenters. The van der Waals surface area contributed by atoms with Gasteiger partial charge < -0.3 is 31.5 Å². The molecule has 0 saturated heterocycles. The van der Waals surface area contributed by atoms with E-state index in [1.807, 2.05) is 42.5 Å². The number of carbonyl (C=O) groups is 1. The molecule has 9 nitrogen and oxygen atoms in total. The van der Waals surface area contributed by atoms with Gasteiger partial charge in [0, 0.05) is 30.6 Å². The number of benzene rings is 1. The van der Waals surface area contributed by atoms with Crippen molar-refractivity contribution in [1.29, 1.82) is 0 Å². The molecule has 0 spiro atoms. The Bertz CT molecular complexity index is 1010. The summed E-state index contributed by atoms with van der Waals surface area (Å²) in [4.78, 5) is 20.1. The molecular weight excluding hydrogens is 396 g/mol. The van der Waals surface area contributed by atoms with E-state index in [1.54, 1.807) is 7.11 Å². The number of ether oxygens (including phenoxy) is 1. The number of carboxylic acid groups (broad SMARTS) is 1. The van der Waals surface area contributed by atoms with Gasteiger partial charge in [0.05, 0.1) is 18.3 Å². The molecule has 9 heteroatoms. The number of pyridine rings is 2. The van der Waals surface area contributed by atoms with Gasteiger partial charge in [0.1, 0.15) is 17.4 Å². The van der Waals surface area contributed by atoms with E-state index in [9.17, 15) is 4.79 Å². The standard InChI is InChI=1S/C22H28N6O3/c1-31-16-6-4-15(5-7-16)18-14-19-17(21(28-18)25-11-2-10-23)8-9-20(27-19)24-12-3-13-26-22(29)30/h4-9,14,26H,2-3,10-13,23H2,1H3,(H,24,27)(H,25,28)(H,29,30).